The second-order valence-corrected chi connectivity index (χ2v) is 6.44. The molecule has 1 saturated heterocycles. The predicted molar refractivity (Wildman–Crippen MR) is 74.5 cm³/mol. The zero-order valence-electron chi connectivity index (χ0n) is 11.1. The minimum Gasteiger partial charge on any atom is -0.486 e. The molecular weight excluding hydrogens is 246 g/mol. The van der Waals surface area contributed by atoms with Crippen LogP contribution >= 0.6 is 11.6 Å². The average Bonchev–Trinajstić information content (AvgIpc) is 2.65. The van der Waals surface area contributed by atoms with Crippen molar-refractivity contribution >= 4 is 11.6 Å². The van der Waals surface area contributed by atoms with Gasteiger partial charge in [-0.25, -0.2) is 0 Å². The van der Waals surface area contributed by atoms with E-state index in [-0.39, 0.29) is 5.60 Å². The van der Waals surface area contributed by atoms with Gasteiger partial charge in [0.15, 0.2) is 0 Å². The lowest BCUT2D eigenvalue weighted by Crippen LogP contribution is -2.26. The molecule has 0 aromatic heterocycles. The van der Waals surface area contributed by atoms with E-state index < -0.39 is 0 Å². The molecule has 1 aromatic rings. The molecule has 2 nitrogen and oxygen atoms in total. The van der Waals surface area contributed by atoms with Gasteiger partial charge in [0.2, 0.25) is 0 Å². The number of nitrogens with one attached hydrogen (secondary N) is 1. The van der Waals surface area contributed by atoms with E-state index in [1.165, 1.54) is 30.4 Å². The molecule has 1 fully saturated rings. The molecule has 0 saturated carbocycles. The van der Waals surface area contributed by atoms with Crippen molar-refractivity contribution in [2.24, 2.45) is 0 Å². The van der Waals surface area contributed by atoms with E-state index in [1.807, 2.05) is 0 Å². The zero-order chi connectivity index (χ0) is 12.8. The molecule has 0 aliphatic carbocycles. The molecule has 2 aliphatic rings. The van der Waals surface area contributed by atoms with Crippen molar-refractivity contribution in [3.63, 3.8) is 0 Å². The lowest BCUT2D eigenvalue weighted by molar-refractivity contribution is 0.138. The highest BCUT2D eigenvalue weighted by Gasteiger charge is 2.32. The molecule has 0 spiro atoms. The lowest BCUT2D eigenvalue weighted by atomic mass is 9.94. The van der Waals surface area contributed by atoms with Gasteiger partial charge in [0, 0.05) is 12.5 Å². The van der Waals surface area contributed by atoms with Crippen LogP contribution in [0.2, 0.25) is 5.02 Å². The monoisotopic (exact) mass is 265 g/mol. The van der Waals surface area contributed by atoms with E-state index in [0.717, 1.165) is 23.7 Å². The Balaban J connectivity index is 1.93. The number of piperidine rings is 1. The van der Waals surface area contributed by atoms with Gasteiger partial charge in [0.1, 0.15) is 11.4 Å². The van der Waals surface area contributed by atoms with Crippen molar-refractivity contribution in [3.8, 4) is 5.75 Å². The summed E-state index contributed by atoms with van der Waals surface area (Å²) in [5.74, 6) is 0.890. The molecule has 3 rings (SSSR count). The quantitative estimate of drug-likeness (QED) is 0.832. The summed E-state index contributed by atoms with van der Waals surface area (Å²) >= 11 is 6.37. The van der Waals surface area contributed by atoms with Crippen LogP contribution in [0.15, 0.2) is 12.1 Å². The number of ether oxygens (including phenoxy) is 1. The highest BCUT2D eigenvalue weighted by molar-refractivity contribution is 6.32. The van der Waals surface area contributed by atoms with Gasteiger partial charge in [-0.05, 0) is 50.4 Å². The summed E-state index contributed by atoms with van der Waals surface area (Å²) in [6.07, 6.45) is 4.74. The van der Waals surface area contributed by atoms with E-state index in [0.29, 0.717) is 6.04 Å². The Bertz CT molecular complexity index is 464. The number of fused-ring (bicyclic) bond motifs is 1. The van der Waals surface area contributed by atoms with E-state index in [2.05, 4.69) is 31.3 Å². The fourth-order valence-electron chi connectivity index (χ4n) is 3.03. The van der Waals surface area contributed by atoms with Gasteiger partial charge in [-0.2, -0.15) is 0 Å². The standard InChI is InChI=1S/C15H20ClNO/c1-15(2)9-11-7-10(8-12(16)14(11)18-15)13-5-3-4-6-17-13/h7-8,13,17H,3-6,9H2,1-2H3. The molecule has 98 valence electrons. The SMILES string of the molecule is CC1(C)Cc2cc(C3CCCCN3)cc(Cl)c2O1. The van der Waals surface area contributed by atoms with Gasteiger partial charge in [-0.15, -0.1) is 0 Å². The highest BCUT2D eigenvalue weighted by Crippen LogP contribution is 2.42. The van der Waals surface area contributed by atoms with Crippen LogP contribution in [0.5, 0.6) is 5.75 Å². The molecule has 18 heavy (non-hydrogen) atoms. The first-order valence-corrected chi connectivity index (χ1v) is 7.18. The largest absolute Gasteiger partial charge is 0.486 e. The van der Waals surface area contributed by atoms with Gasteiger partial charge in [-0.3, -0.25) is 0 Å². The van der Waals surface area contributed by atoms with Crippen molar-refractivity contribution in [2.75, 3.05) is 6.54 Å². The second-order valence-electron chi connectivity index (χ2n) is 6.03. The van der Waals surface area contributed by atoms with Crippen LogP contribution in [0.1, 0.15) is 50.3 Å². The maximum Gasteiger partial charge on any atom is 0.142 e. The molecule has 0 radical (unpaired) electrons. The summed E-state index contributed by atoms with van der Waals surface area (Å²) in [6.45, 7) is 5.34. The average molecular weight is 266 g/mol. The number of benzene rings is 1. The Hall–Kier alpha value is -0.730. The third-order valence-electron chi connectivity index (χ3n) is 3.85. The summed E-state index contributed by atoms with van der Waals surface area (Å²) in [6, 6.07) is 4.81. The number of rotatable bonds is 1. The first kappa shape index (κ1) is 12.3. The highest BCUT2D eigenvalue weighted by atomic mass is 35.5. The van der Waals surface area contributed by atoms with Crippen molar-refractivity contribution in [3.05, 3.63) is 28.3 Å². The summed E-state index contributed by atoms with van der Waals surface area (Å²) in [7, 11) is 0. The second kappa shape index (κ2) is 4.43. The zero-order valence-corrected chi connectivity index (χ0v) is 11.8. The Morgan fingerprint density at radius 1 is 1.33 bits per heavy atom. The Kier molecular flexibility index (Phi) is 3.03. The fraction of sp³-hybridized carbons (Fsp3) is 0.600. The number of hydrogen-bond donors (Lipinski definition) is 1. The van der Waals surface area contributed by atoms with Crippen molar-refractivity contribution < 1.29 is 4.74 Å². The molecular formula is C15H20ClNO. The van der Waals surface area contributed by atoms with E-state index in [4.69, 9.17) is 16.3 Å². The van der Waals surface area contributed by atoms with Crippen LogP contribution in [0.4, 0.5) is 0 Å². The smallest absolute Gasteiger partial charge is 0.142 e. The van der Waals surface area contributed by atoms with E-state index in [1.54, 1.807) is 0 Å². The van der Waals surface area contributed by atoms with Crippen molar-refractivity contribution in [2.45, 2.75) is 51.2 Å². The summed E-state index contributed by atoms with van der Waals surface area (Å²) < 4.78 is 5.92. The lowest BCUT2D eigenvalue weighted by Gasteiger charge is -2.24. The van der Waals surface area contributed by atoms with Crippen LogP contribution in [0.25, 0.3) is 0 Å². The van der Waals surface area contributed by atoms with Crippen LogP contribution in [-0.2, 0) is 6.42 Å². The van der Waals surface area contributed by atoms with Gasteiger partial charge in [-0.1, -0.05) is 24.1 Å². The molecule has 3 heteroatoms. The van der Waals surface area contributed by atoms with Gasteiger partial charge >= 0.3 is 0 Å². The Morgan fingerprint density at radius 2 is 2.17 bits per heavy atom. The summed E-state index contributed by atoms with van der Waals surface area (Å²) in [4.78, 5) is 0. The minimum atomic E-state index is -0.120. The van der Waals surface area contributed by atoms with E-state index >= 15 is 0 Å². The normalized spacial score (nSPS) is 25.6. The molecule has 1 aromatic carbocycles. The molecule has 2 heterocycles. The van der Waals surface area contributed by atoms with Crippen LogP contribution in [0, 0.1) is 0 Å². The molecule has 1 atom stereocenters. The Morgan fingerprint density at radius 3 is 2.89 bits per heavy atom. The first-order valence-electron chi connectivity index (χ1n) is 6.80. The van der Waals surface area contributed by atoms with Crippen LogP contribution in [0.3, 0.4) is 0 Å². The first-order chi connectivity index (χ1) is 8.55. The molecule has 0 bridgehead atoms. The van der Waals surface area contributed by atoms with Crippen LogP contribution in [-0.4, -0.2) is 12.1 Å². The number of hydrogen-bond acceptors (Lipinski definition) is 2. The predicted octanol–water partition coefficient (Wildman–Crippen LogP) is 3.87. The summed E-state index contributed by atoms with van der Waals surface area (Å²) in [5.41, 5.74) is 2.46. The van der Waals surface area contributed by atoms with Gasteiger partial charge in [0.25, 0.3) is 0 Å². The molecule has 1 unspecified atom stereocenters. The van der Waals surface area contributed by atoms with E-state index in [9.17, 15) is 0 Å². The molecule has 2 aliphatic heterocycles. The molecule has 0 amide bonds. The van der Waals surface area contributed by atoms with Crippen molar-refractivity contribution in [1.29, 1.82) is 0 Å². The third-order valence-corrected chi connectivity index (χ3v) is 4.13. The topological polar surface area (TPSA) is 21.3 Å². The fourth-order valence-corrected chi connectivity index (χ4v) is 3.31. The number of halogens is 1. The van der Waals surface area contributed by atoms with Crippen LogP contribution < -0.4 is 10.1 Å². The third kappa shape index (κ3) is 2.24. The minimum absolute atomic E-state index is 0.120. The van der Waals surface area contributed by atoms with Gasteiger partial charge in [0.05, 0.1) is 5.02 Å². The van der Waals surface area contributed by atoms with Crippen molar-refractivity contribution in [1.82, 2.24) is 5.32 Å². The Labute approximate surface area is 114 Å². The maximum atomic E-state index is 6.37. The van der Waals surface area contributed by atoms with Gasteiger partial charge < -0.3 is 10.1 Å². The molecule has 1 N–H and O–H groups in total. The summed E-state index contributed by atoms with van der Waals surface area (Å²) in [5, 5.41) is 4.34. The maximum absolute atomic E-state index is 6.37.